The fraction of sp³-hybridized carbons (Fsp3) is 0.308. The normalized spacial score (nSPS) is 10.8. The summed E-state index contributed by atoms with van der Waals surface area (Å²) in [5, 5.41) is 10.7. The molecule has 0 bridgehead atoms. The monoisotopic (exact) mass is 201 g/mol. The van der Waals surface area contributed by atoms with Crippen LogP contribution in [0.5, 0.6) is 5.75 Å². The van der Waals surface area contributed by atoms with Crippen LogP contribution in [0.1, 0.15) is 25.1 Å². The lowest BCUT2D eigenvalue weighted by Gasteiger charge is -2.05. The molecule has 0 fully saturated rings. The number of nitrogens with zero attached hydrogens (tertiary/aromatic N) is 1. The van der Waals surface area contributed by atoms with Gasteiger partial charge in [0, 0.05) is 5.39 Å². The Morgan fingerprint density at radius 2 is 1.93 bits per heavy atom. The zero-order valence-corrected chi connectivity index (χ0v) is 9.12. The number of rotatable bonds is 2. The first kappa shape index (κ1) is 9.97. The van der Waals surface area contributed by atoms with Crippen LogP contribution in [-0.2, 0) is 12.8 Å². The van der Waals surface area contributed by atoms with E-state index in [1.165, 1.54) is 5.56 Å². The van der Waals surface area contributed by atoms with Crippen molar-refractivity contribution in [2.45, 2.75) is 26.7 Å². The summed E-state index contributed by atoms with van der Waals surface area (Å²) < 4.78 is 0. The van der Waals surface area contributed by atoms with Crippen LogP contribution in [0.2, 0.25) is 0 Å². The van der Waals surface area contributed by atoms with E-state index in [0.717, 1.165) is 29.4 Å². The van der Waals surface area contributed by atoms with Gasteiger partial charge in [-0.05, 0) is 36.6 Å². The fourth-order valence-electron chi connectivity index (χ4n) is 1.73. The Morgan fingerprint density at radius 3 is 2.60 bits per heavy atom. The highest BCUT2D eigenvalue weighted by molar-refractivity contribution is 5.81. The third-order valence-corrected chi connectivity index (χ3v) is 2.68. The molecular weight excluding hydrogens is 186 g/mol. The molecule has 78 valence electrons. The van der Waals surface area contributed by atoms with E-state index < -0.39 is 0 Å². The smallest absolute Gasteiger partial charge is 0.137 e. The molecule has 0 aliphatic carbocycles. The highest BCUT2D eigenvalue weighted by atomic mass is 16.3. The molecule has 1 heterocycles. The number of hydrogen-bond acceptors (Lipinski definition) is 2. The third kappa shape index (κ3) is 1.80. The summed E-state index contributed by atoms with van der Waals surface area (Å²) in [5.41, 5.74) is 3.00. The lowest BCUT2D eigenvalue weighted by Crippen LogP contribution is -1.90. The minimum absolute atomic E-state index is 0.304. The van der Waals surface area contributed by atoms with Gasteiger partial charge in [-0.1, -0.05) is 19.9 Å². The minimum atomic E-state index is 0.304. The first-order chi connectivity index (χ1) is 7.24. The Kier molecular flexibility index (Phi) is 2.58. The van der Waals surface area contributed by atoms with Crippen molar-refractivity contribution >= 4 is 10.9 Å². The molecule has 0 spiro atoms. The number of benzene rings is 1. The first-order valence-corrected chi connectivity index (χ1v) is 5.36. The Labute approximate surface area is 89.6 Å². The Morgan fingerprint density at radius 1 is 1.13 bits per heavy atom. The Balaban J connectivity index is 2.65. The van der Waals surface area contributed by atoms with E-state index in [-0.39, 0.29) is 0 Å². The van der Waals surface area contributed by atoms with E-state index in [4.69, 9.17) is 0 Å². The average molecular weight is 201 g/mol. The molecule has 0 amide bonds. The zero-order chi connectivity index (χ0) is 10.8. The van der Waals surface area contributed by atoms with E-state index in [1.807, 2.05) is 13.0 Å². The fourth-order valence-corrected chi connectivity index (χ4v) is 1.73. The van der Waals surface area contributed by atoms with E-state index >= 15 is 0 Å². The van der Waals surface area contributed by atoms with Gasteiger partial charge in [0.05, 0.1) is 11.2 Å². The molecule has 0 radical (unpaired) electrons. The van der Waals surface area contributed by atoms with Gasteiger partial charge in [-0.15, -0.1) is 0 Å². The molecular formula is C13H15NO. The number of fused-ring (bicyclic) bond motifs is 1. The summed E-state index contributed by atoms with van der Waals surface area (Å²) in [4.78, 5) is 4.42. The van der Waals surface area contributed by atoms with Crippen molar-refractivity contribution in [3.63, 3.8) is 0 Å². The molecule has 0 saturated carbocycles. The summed E-state index contributed by atoms with van der Waals surface area (Å²) in [7, 11) is 0. The van der Waals surface area contributed by atoms with Crippen LogP contribution in [0.15, 0.2) is 24.3 Å². The molecule has 0 unspecified atom stereocenters. The maximum atomic E-state index is 9.71. The largest absolute Gasteiger partial charge is 0.506 e. The SMILES string of the molecule is CCc1ccc2nc(CC)c(O)cc2c1. The number of hydrogen-bond donors (Lipinski definition) is 1. The van der Waals surface area contributed by atoms with Gasteiger partial charge in [-0.3, -0.25) is 0 Å². The summed E-state index contributed by atoms with van der Waals surface area (Å²) in [6.45, 7) is 4.11. The third-order valence-electron chi connectivity index (χ3n) is 2.68. The van der Waals surface area contributed by atoms with Crippen LogP contribution >= 0.6 is 0 Å². The van der Waals surface area contributed by atoms with Gasteiger partial charge < -0.3 is 5.11 Å². The molecule has 0 saturated heterocycles. The molecule has 2 aromatic rings. The van der Waals surface area contributed by atoms with Crippen molar-refractivity contribution in [1.82, 2.24) is 4.98 Å². The first-order valence-electron chi connectivity index (χ1n) is 5.36. The van der Waals surface area contributed by atoms with E-state index in [9.17, 15) is 5.11 Å². The number of aromatic hydroxyl groups is 1. The number of pyridine rings is 1. The minimum Gasteiger partial charge on any atom is -0.506 e. The predicted octanol–water partition coefficient (Wildman–Crippen LogP) is 3.07. The maximum Gasteiger partial charge on any atom is 0.137 e. The summed E-state index contributed by atoms with van der Waals surface area (Å²) in [6, 6.07) is 8.00. The van der Waals surface area contributed by atoms with Crippen LogP contribution in [0.4, 0.5) is 0 Å². The van der Waals surface area contributed by atoms with Gasteiger partial charge >= 0.3 is 0 Å². The average Bonchev–Trinajstić information content (AvgIpc) is 2.27. The van der Waals surface area contributed by atoms with Crippen molar-refractivity contribution < 1.29 is 5.11 Å². The molecule has 0 aliphatic heterocycles. The maximum absolute atomic E-state index is 9.71. The van der Waals surface area contributed by atoms with Gasteiger partial charge in [0.15, 0.2) is 0 Å². The highest BCUT2D eigenvalue weighted by Crippen LogP contribution is 2.23. The van der Waals surface area contributed by atoms with Gasteiger partial charge in [0.2, 0.25) is 0 Å². The molecule has 2 nitrogen and oxygen atoms in total. The Bertz CT molecular complexity index is 491. The lowest BCUT2D eigenvalue weighted by molar-refractivity contribution is 0.466. The summed E-state index contributed by atoms with van der Waals surface area (Å²) in [5.74, 6) is 0.304. The zero-order valence-electron chi connectivity index (χ0n) is 9.12. The quantitative estimate of drug-likeness (QED) is 0.810. The molecule has 0 aliphatic rings. The van der Waals surface area contributed by atoms with Gasteiger partial charge in [0.1, 0.15) is 5.75 Å². The van der Waals surface area contributed by atoms with Crippen molar-refractivity contribution in [1.29, 1.82) is 0 Å². The number of aryl methyl sites for hydroxylation is 2. The van der Waals surface area contributed by atoms with Crippen LogP contribution in [-0.4, -0.2) is 10.1 Å². The van der Waals surface area contributed by atoms with Crippen LogP contribution in [0, 0.1) is 0 Å². The van der Waals surface area contributed by atoms with Gasteiger partial charge in [0.25, 0.3) is 0 Å². The van der Waals surface area contributed by atoms with Crippen LogP contribution in [0.3, 0.4) is 0 Å². The summed E-state index contributed by atoms with van der Waals surface area (Å²) in [6.07, 6.45) is 1.77. The second kappa shape index (κ2) is 3.89. The van der Waals surface area contributed by atoms with Gasteiger partial charge in [-0.2, -0.15) is 0 Å². The standard InChI is InChI=1S/C13H15NO/c1-3-9-5-6-12-10(7-9)8-13(15)11(4-2)14-12/h5-8,15H,3-4H2,1-2H3. The van der Waals surface area contributed by atoms with E-state index in [2.05, 4.69) is 24.0 Å². The lowest BCUT2D eigenvalue weighted by atomic mass is 10.1. The molecule has 1 aromatic heterocycles. The van der Waals surface area contributed by atoms with Crippen molar-refractivity contribution in [3.05, 3.63) is 35.5 Å². The summed E-state index contributed by atoms with van der Waals surface area (Å²) >= 11 is 0. The van der Waals surface area contributed by atoms with E-state index in [1.54, 1.807) is 6.07 Å². The molecule has 1 aromatic carbocycles. The van der Waals surface area contributed by atoms with Crippen LogP contribution in [0.25, 0.3) is 10.9 Å². The predicted molar refractivity (Wildman–Crippen MR) is 62.2 cm³/mol. The second-order valence-electron chi connectivity index (χ2n) is 3.69. The highest BCUT2D eigenvalue weighted by Gasteiger charge is 2.04. The van der Waals surface area contributed by atoms with Crippen molar-refractivity contribution in [2.75, 3.05) is 0 Å². The van der Waals surface area contributed by atoms with Crippen molar-refractivity contribution in [2.24, 2.45) is 0 Å². The molecule has 0 atom stereocenters. The number of aromatic nitrogens is 1. The van der Waals surface area contributed by atoms with Crippen molar-refractivity contribution in [3.8, 4) is 5.75 Å². The second-order valence-corrected chi connectivity index (χ2v) is 3.69. The van der Waals surface area contributed by atoms with Crippen LogP contribution < -0.4 is 0 Å². The van der Waals surface area contributed by atoms with Gasteiger partial charge in [-0.25, -0.2) is 4.98 Å². The Hall–Kier alpha value is -1.57. The molecule has 1 N–H and O–H groups in total. The van der Waals surface area contributed by atoms with E-state index in [0.29, 0.717) is 5.75 Å². The topological polar surface area (TPSA) is 33.1 Å². The molecule has 2 heteroatoms. The molecule has 2 rings (SSSR count). The molecule has 15 heavy (non-hydrogen) atoms.